The van der Waals surface area contributed by atoms with Crippen molar-refractivity contribution < 1.29 is 13.9 Å². The lowest BCUT2D eigenvalue weighted by atomic mass is 9.93. The number of nitrogens with zero attached hydrogens (tertiary/aromatic N) is 2. The van der Waals surface area contributed by atoms with Crippen molar-refractivity contribution in [1.82, 2.24) is 15.5 Å². The zero-order valence-electron chi connectivity index (χ0n) is 10.9. The fraction of sp³-hybridized carbons (Fsp3) is 0.417. The highest BCUT2D eigenvalue weighted by molar-refractivity contribution is 7.17. The molecular formula is C12H14N4O3S. The fourth-order valence-corrected chi connectivity index (χ4v) is 2.83. The van der Waals surface area contributed by atoms with Gasteiger partial charge in [-0.2, -0.15) is 0 Å². The summed E-state index contributed by atoms with van der Waals surface area (Å²) in [4.78, 5) is 12.0. The Labute approximate surface area is 119 Å². The SMILES string of the molecule is COc1nnc(NC(=O)N[C@@H]2CCCc3occc32)s1. The molecule has 0 fully saturated rings. The van der Waals surface area contributed by atoms with E-state index < -0.39 is 0 Å². The summed E-state index contributed by atoms with van der Waals surface area (Å²) >= 11 is 1.18. The first kappa shape index (κ1) is 12.9. The lowest BCUT2D eigenvalue weighted by molar-refractivity contribution is 0.246. The number of ether oxygens (including phenoxy) is 1. The van der Waals surface area contributed by atoms with Gasteiger partial charge in [-0.1, -0.05) is 5.10 Å². The van der Waals surface area contributed by atoms with Crippen LogP contribution in [0.2, 0.25) is 0 Å². The van der Waals surface area contributed by atoms with Crippen molar-refractivity contribution in [3.05, 3.63) is 23.7 Å². The minimum Gasteiger partial charge on any atom is -0.472 e. The van der Waals surface area contributed by atoms with Gasteiger partial charge in [0.05, 0.1) is 19.4 Å². The molecular weight excluding hydrogens is 280 g/mol. The smallest absolute Gasteiger partial charge is 0.321 e. The number of carbonyl (C=O) groups is 1. The molecule has 1 atom stereocenters. The largest absolute Gasteiger partial charge is 0.472 e. The average Bonchev–Trinajstić information content (AvgIpc) is 3.07. The third-order valence-corrected chi connectivity index (χ3v) is 3.96. The highest BCUT2D eigenvalue weighted by Gasteiger charge is 2.24. The van der Waals surface area contributed by atoms with Crippen LogP contribution in [0.25, 0.3) is 0 Å². The molecule has 1 aliphatic carbocycles. The Bertz CT molecular complexity index is 609. The molecule has 8 heteroatoms. The second-order valence-electron chi connectivity index (χ2n) is 4.42. The van der Waals surface area contributed by atoms with Gasteiger partial charge in [0.1, 0.15) is 5.76 Å². The highest BCUT2D eigenvalue weighted by atomic mass is 32.1. The number of furan rings is 1. The number of aryl methyl sites for hydroxylation is 1. The van der Waals surface area contributed by atoms with Crippen LogP contribution in [0.5, 0.6) is 5.19 Å². The molecule has 0 unspecified atom stereocenters. The molecule has 1 aliphatic rings. The van der Waals surface area contributed by atoms with Gasteiger partial charge in [-0.25, -0.2) is 4.79 Å². The first-order chi connectivity index (χ1) is 9.76. The first-order valence-corrected chi connectivity index (χ1v) is 7.09. The molecule has 0 saturated carbocycles. The molecule has 3 rings (SSSR count). The summed E-state index contributed by atoms with van der Waals surface area (Å²) in [5, 5.41) is 14.0. The van der Waals surface area contributed by atoms with E-state index in [1.165, 1.54) is 18.4 Å². The Morgan fingerprint density at radius 1 is 1.55 bits per heavy atom. The maximum Gasteiger partial charge on any atom is 0.321 e. The van der Waals surface area contributed by atoms with Gasteiger partial charge >= 0.3 is 6.03 Å². The Hall–Kier alpha value is -2.09. The predicted molar refractivity (Wildman–Crippen MR) is 73.0 cm³/mol. The van der Waals surface area contributed by atoms with E-state index in [1.807, 2.05) is 6.07 Å². The zero-order valence-corrected chi connectivity index (χ0v) is 11.7. The van der Waals surface area contributed by atoms with E-state index in [0.29, 0.717) is 10.3 Å². The number of methoxy groups -OCH3 is 1. The third-order valence-electron chi connectivity index (χ3n) is 3.16. The number of amides is 2. The molecule has 2 aromatic rings. The lowest BCUT2D eigenvalue weighted by Gasteiger charge is -2.22. The van der Waals surface area contributed by atoms with Crippen LogP contribution in [0, 0.1) is 0 Å². The summed E-state index contributed by atoms with van der Waals surface area (Å²) in [6.45, 7) is 0. The van der Waals surface area contributed by atoms with Crippen molar-refractivity contribution >= 4 is 22.5 Å². The van der Waals surface area contributed by atoms with Crippen LogP contribution in [0.15, 0.2) is 16.7 Å². The molecule has 2 aromatic heterocycles. The molecule has 2 N–H and O–H groups in total. The predicted octanol–water partition coefficient (Wildman–Crippen LogP) is 2.34. The van der Waals surface area contributed by atoms with Crippen molar-refractivity contribution in [3.8, 4) is 5.19 Å². The number of hydrogen-bond acceptors (Lipinski definition) is 6. The molecule has 2 amide bonds. The monoisotopic (exact) mass is 294 g/mol. The number of hydrogen-bond donors (Lipinski definition) is 2. The number of fused-ring (bicyclic) bond motifs is 1. The molecule has 2 heterocycles. The van der Waals surface area contributed by atoms with Gasteiger partial charge in [0.25, 0.3) is 5.19 Å². The van der Waals surface area contributed by atoms with Crippen LogP contribution in [0.3, 0.4) is 0 Å². The van der Waals surface area contributed by atoms with Crippen molar-refractivity contribution in [2.45, 2.75) is 25.3 Å². The van der Waals surface area contributed by atoms with Crippen LogP contribution >= 0.6 is 11.3 Å². The molecule has 106 valence electrons. The van der Waals surface area contributed by atoms with Gasteiger partial charge in [0.2, 0.25) is 5.13 Å². The van der Waals surface area contributed by atoms with Crippen molar-refractivity contribution in [3.63, 3.8) is 0 Å². The number of rotatable bonds is 3. The van der Waals surface area contributed by atoms with Crippen LogP contribution in [0.4, 0.5) is 9.93 Å². The van der Waals surface area contributed by atoms with Crippen LogP contribution < -0.4 is 15.4 Å². The van der Waals surface area contributed by atoms with Gasteiger partial charge in [-0.05, 0) is 30.2 Å². The van der Waals surface area contributed by atoms with E-state index in [-0.39, 0.29) is 12.1 Å². The zero-order chi connectivity index (χ0) is 13.9. The fourth-order valence-electron chi connectivity index (χ4n) is 2.27. The van der Waals surface area contributed by atoms with Crippen LogP contribution in [-0.2, 0) is 6.42 Å². The van der Waals surface area contributed by atoms with Crippen molar-refractivity contribution in [2.24, 2.45) is 0 Å². The molecule has 7 nitrogen and oxygen atoms in total. The second kappa shape index (κ2) is 5.49. The molecule has 0 radical (unpaired) electrons. The Balaban J connectivity index is 1.62. The number of carbonyl (C=O) groups excluding carboxylic acids is 1. The molecule has 0 spiro atoms. The molecule has 0 bridgehead atoms. The normalized spacial score (nSPS) is 17.4. The number of anilines is 1. The first-order valence-electron chi connectivity index (χ1n) is 6.27. The Morgan fingerprint density at radius 3 is 3.25 bits per heavy atom. The molecule has 0 aliphatic heterocycles. The quantitative estimate of drug-likeness (QED) is 0.907. The van der Waals surface area contributed by atoms with E-state index in [0.717, 1.165) is 30.6 Å². The number of nitrogens with one attached hydrogen (secondary N) is 2. The minimum atomic E-state index is -0.303. The third kappa shape index (κ3) is 2.60. The van der Waals surface area contributed by atoms with Crippen molar-refractivity contribution in [1.29, 1.82) is 0 Å². The van der Waals surface area contributed by atoms with E-state index in [4.69, 9.17) is 9.15 Å². The summed E-state index contributed by atoms with van der Waals surface area (Å²) < 4.78 is 10.3. The van der Waals surface area contributed by atoms with E-state index >= 15 is 0 Å². The summed E-state index contributed by atoms with van der Waals surface area (Å²) in [6, 6.07) is 1.59. The lowest BCUT2D eigenvalue weighted by Crippen LogP contribution is -2.34. The Morgan fingerprint density at radius 2 is 2.45 bits per heavy atom. The van der Waals surface area contributed by atoms with Gasteiger partial charge in [0.15, 0.2) is 0 Å². The number of urea groups is 1. The van der Waals surface area contributed by atoms with Gasteiger partial charge in [0, 0.05) is 12.0 Å². The summed E-state index contributed by atoms with van der Waals surface area (Å²) in [6.07, 6.45) is 4.49. The van der Waals surface area contributed by atoms with Crippen LogP contribution in [0.1, 0.15) is 30.2 Å². The topological polar surface area (TPSA) is 89.3 Å². The molecule has 20 heavy (non-hydrogen) atoms. The van der Waals surface area contributed by atoms with Gasteiger partial charge in [-0.15, -0.1) is 5.10 Å². The minimum absolute atomic E-state index is 0.0210. The van der Waals surface area contributed by atoms with Crippen LogP contribution in [-0.4, -0.2) is 23.3 Å². The standard InChI is InChI=1S/C12H14N4O3S/c1-18-12-16-15-11(20-12)14-10(17)13-8-3-2-4-9-7(8)5-6-19-9/h5-6,8H,2-4H2,1H3,(H2,13,14,15,17)/t8-/m1/s1. The Kier molecular flexibility index (Phi) is 3.55. The van der Waals surface area contributed by atoms with E-state index in [9.17, 15) is 4.79 Å². The highest BCUT2D eigenvalue weighted by Crippen LogP contribution is 2.30. The average molecular weight is 294 g/mol. The van der Waals surface area contributed by atoms with Gasteiger partial charge in [-0.3, -0.25) is 5.32 Å². The van der Waals surface area contributed by atoms with E-state index in [2.05, 4.69) is 20.8 Å². The van der Waals surface area contributed by atoms with E-state index in [1.54, 1.807) is 6.26 Å². The van der Waals surface area contributed by atoms with Gasteiger partial charge < -0.3 is 14.5 Å². The second-order valence-corrected chi connectivity index (χ2v) is 5.36. The maximum atomic E-state index is 12.0. The summed E-state index contributed by atoms with van der Waals surface area (Å²) in [5.41, 5.74) is 1.06. The summed E-state index contributed by atoms with van der Waals surface area (Å²) in [7, 11) is 1.51. The van der Waals surface area contributed by atoms with Crippen molar-refractivity contribution in [2.75, 3.05) is 12.4 Å². The molecule has 0 saturated heterocycles. The summed E-state index contributed by atoms with van der Waals surface area (Å²) in [5.74, 6) is 0.958. The maximum absolute atomic E-state index is 12.0. The molecule has 0 aromatic carbocycles. The number of aromatic nitrogens is 2.